The summed E-state index contributed by atoms with van der Waals surface area (Å²) < 4.78 is 11.2. The van der Waals surface area contributed by atoms with Gasteiger partial charge in [-0.15, -0.1) is 0 Å². The van der Waals surface area contributed by atoms with E-state index in [0.29, 0.717) is 11.5 Å². The summed E-state index contributed by atoms with van der Waals surface area (Å²) in [5, 5.41) is 3.21. The van der Waals surface area contributed by atoms with Crippen LogP contribution in [0.1, 0.15) is 19.4 Å². The van der Waals surface area contributed by atoms with Crippen LogP contribution < -0.4 is 14.8 Å². The summed E-state index contributed by atoms with van der Waals surface area (Å²) in [5.41, 5.74) is 2.16. The van der Waals surface area contributed by atoms with Crippen LogP contribution in [0, 0.1) is 0 Å². The molecule has 0 amide bonds. The largest absolute Gasteiger partial charge is 0.493 e. The number of nitrogens with one attached hydrogen (secondary N) is 1. The van der Waals surface area contributed by atoms with Crippen LogP contribution in [0.2, 0.25) is 0 Å². The molecule has 4 heteroatoms. The third kappa shape index (κ3) is 3.41. The molecule has 0 bridgehead atoms. The van der Waals surface area contributed by atoms with Crippen LogP contribution >= 0.6 is 0 Å². The lowest BCUT2D eigenvalue weighted by molar-refractivity contribution is 0.378. The van der Waals surface area contributed by atoms with Gasteiger partial charge in [0.25, 0.3) is 0 Å². The lowest BCUT2D eigenvalue weighted by Crippen LogP contribution is -1.98. The van der Waals surface area contributed by atoms with Gasteiger partial charge in [-0.25, -0.2) is 0 Å². The molecule has 0 fully saturated rings. The summed E-state index contributed by atoms with van der Waals surface area (Å²) in [4.78, 5) is 4.16. The summed E-state index contributed by atoms with van der Waals surface area (Å²) in [6, 6.07) is 7.89. The molecule has 1 aromatic carbocycles. The number of benzene rings is 1. The van der Waals surface area contributed by atoms with E-state index in [1.54, 1.807) is 19.5 Å². The number of hydrogen-bond donors (Lipinski definition) is 1. The van der Waals surface area contributed by atoms with Crippen LogP contribution in [0.15, 0.2) is 36.7 Å². The van der Waals surface area contributed by atoms with Crippen molar-refractivity contribution in [2.24, 2.45) is 0 Å². The summed E-state index contributed by atoms with van der Waals surface area (Å²) in [6.45, 7) is 5.00. The van der Waals surface area contributed by atoms with E-state index in [2.05, 4.69) is 17.2 Å². The van der Waals surface area contributed by atoms with Gasteiger partial charge in [0.1, 0.15) is 5.75 Å². The minimum Gasteiger partial charge on any atom is -0.493 e. The Morgan fingerprint density at radius 2 is 1.95 bits per heavy atom. The number of anilines is 1. The molecule has 0 radical (unpaired) electrons. The molecule has 106 valence electrons. The van der Waals surface area contributed by atoms with Crippen molar-refractivity contribution in [1.82, 2.24) is 4.98 Å². The predicted molar refractivity (Wildman–Crippen MR) is 80.8 cm³/mol. The zero-order valence-electron chi connectivity index (χ0n) is 12.1. The highest BCUT2D eigenvalue weighted by atomic mass is 16.5. The molecule has 0 atom stereocenters. The van der Waals surface area contributed by atoms with Crippen LogP contribution in [0.25, 0.3) is 0 Å². The normalized spacial score (nSPS) is 10.2. The number of nitrogens with zero attached hydrogens (tertiary/aromatic N) is 1. The molecule has 0 aliphatic carbocycles. The molecule has 0 unspecified atom stereocenters. The molecule has 0 aliphatic rings. The summed E-state index contributed by atoms with van der Waals surface area (Å²) in [7, 11) is 1.65. The number of aromatic nitrogens is 1. The summed E-state index contributed by atoms with van der Waals surface area (Å²) >= 11 is 0. The standard InChI is InChI=1S/C16H20N2O2/c1-4-12-6-7-15(16(8-12)19-3)20-14-9-13(18-5-2)10-17-11-14/h6-11,18H,4-5H2,1-3H3. The van der Waals surface area contributed by atoms with Gasteiger partial charge in [0.15, 0.2) is 11.5 Å². The molecule has 2 aromatic rings. The molecule has 1 N–H and O–H groups in total. The Balaban J connectivity index is 2.22. The maximum atomic E-state index is 5.86. The van der Waals surface area contributed by atoms with E-state index in [0.717, 1.165) is 24.4 Å². The molecule has 0 saturated heterocycles. The van der Waals surface area contributed by atoms with Gasteiger partial charge < -0.3 is 14.8 Å². The Morgan fingerprint density at radius 3 is 2.65 bits per heavy atom. The number of ether oxygens (including phenoxy) is 2. The molecule has 0 spiro atoms. The lowest BCUT2D eigenvalue weighted by Gasteiger charge is -2.12. The molecule has 1 heterocycles. The fraction of sp³-hybridized carbons (Fsp3) is 0.312. The minimum atomic E-state index is 0.686. The van der Waals surface area contributed by atoms with Gasteiger partial charge in [0.05, 0.1) is 25.2 Å². The number of hydrogen-bond acceptors (Lipinski definition) is 4. The third-order valence-electron chi connectivity index (χ3n) is 2.96. The smallest absolute Gasteiger partial charge is 0.169 e. The van der Waals surface area contributed by atoms with Gasteiger partial charge in [-0.2, -0.15) is 0 Å². The molecule has 1 aromatic heterocycles. The van der Waals surface area contributed by atoms with Crippen LogP contribution in [0.5, 0.6) is 17.2 Å². The Morgan fingerprint density at radius 1 is 1.10 bits per heavy atom. The van der Waals surface area contributed by atoms with E-state index < -0.39 is 0 Å². The highest BCUT2D eigenvalue weighted by molar-refractivity contribution is 5.49. The second kappa shape index (κ2) is 6.80. The SMILES string of the molecule is CCNc1cncc(Oc2ccc(CC)cc2OC)c1. The highest BCUT2D eigenvalue weighted by Gasteiger charge is 2.07. The molecule has 0 aliphatic heterocycles. The van der Waals surface area contributed by atoms with E-state index in [1.165, 1.54) is 5.56 Å². The Labute approximate surface area is 119 Å². The molecular formula is C16H20N2O2. The van der Waals surface area contributed by atoms with Crippen LogP contribution in [-0.4, -0.2) is 18.6 Å². The maximum Gasteiger partial charge on any atom is 0.169 e. The number of methoxy groups -OCH3 is 1. The van der Waals surface area contributed by atoms with Crippen molar-refractivity contribution < 1.29 is 9.47 Å². The zero-order chi connectivity index (χ0) is 14.4. The van der Waals surface area contributed by atoms with E-state index in [9.17, 15) is 0 Å². The number of aryl methyl sites for hydroxylation is 1. The number of rotatable bonds is 6. The van der Waals surface area contributed by atoms with Crippen molar-refractivity contribution in [3.8, 4) is 17.2 Å². The predicted octanol–water partition coefficient (Wildman–Crippen LogP) is 3.88. The second-order valence-corrected chi connectivity index (χ2v) is 4.38. The molecular weight excluding hydrogens is 252 g/mol. The number of pyridine rings is 1. The third-order valence-corrected chi connectivity index (χ3v) is 2.96. The second-order valence-electron chi connectivity index (χ2n) is 4.38. The highest BCUT2D eigenvalue weighted by Crippen LogP contribution is 2.32. The first-order chi connectivity index (χ1) is 9.76. The van der Waals surface area contributed by atoms with Crippen molar-refractivity contribution in [2.75, 3.05) is 19.0 Å². The van der Waals surface area contributed by atoms with E-state index in [4.69, 9.17) is 9.47 Å². The molecule has 4 nitrogen and oxygen atoms in total. The van der Waals surface area contributed by atoms with Gasteiger partial charge in [0, 0.05) is 12.6 Å². The van der Waals surface area contributed by atoms with Crippen LogP contribution in [0.4, 0.5) is 5.69 Å². The van der Waals surface area contributed by atoms with Crippen LogP contribution in [0.3, 0.4) is 0 Å². The van der Waals surface area contributed by atoms with E-state index in [-0.39, 0.29) is 0 Å². The van der Waals surface area contributed by atoms with Crippen molar-refractivity contribution in [2.45, 2.75) is 20.3 Å². The fourth-order valence-corrected chi connectivity index (χ4v) is 1.92. The topological polar surface area (TPSA) is 43.4 Å². The first kappa shape index (κ1) is 14.2. The monoisotopic (exact) mass is 272 g/mol. The quantitative estimate of drug-likeness (QED) is 0.866. The van der Waals surface area contributed by atoms with Gasteiger partial charge in [0.2, 0.25) is 0 Å². The van der Waals surface area contributed by atoms with Crippen molar-refractivity contribution in [3.63, 3.8) is 0 Å². The van der Waals surface area contributed by atoms with Gasteiger partial charge >= 0.3 is 0 Å². The van der Waals surface area contributed by atoms with E-state index in [1.807, 2.05) is 31.2 Å². The summed E-state index contributed by atoms with van der Waals surface area (Å²) in [6.07, 6.45) is 4.43. The Hall–Kier alpha value is -2.23. The lowest BCUT2D eigenvalue weighted by atomic mass is 10.1. The van der Waals surface area contributed by atoms with Gasteiger partial charge in [-0.05, 0) is 31.0 Å². The molecule has 20 heavy (non-hydrogen) atoms. The zero-order valence-corrected chi connectivity index (χ0v) is 12.1. The summed E-state index contributed by atoms with van der Waals surface area (Å²) in [5.74, 6) is 2.12. The minimum absolute atomic E-state index is 0.686. The Bertz CT molecular complexity index is 570. The van der Waals surface area contributed by atoms with Crippen LogP contribution in [-0.2, 0) is 6.42 Å². The maximum absolute atomic E-state index is 5.86. The first-order valence-electron chi connectivity index (χ1n) is 6.80. The van der Waals surface area contributed by atoms with Gasteiger partial charge in [-0.1, -0.05) is 13.0 Å². The van der Waals surface area contributed by atoms with Crippen molar-refractivity contribution >= 4 is 5.69 Å². The van der Waals surface area contributed by atoms with Crippen molar-refractivity contribution in [3.05, 3.63) is 42.2 Å². The average Bonchev–Trinajstić information content (AvgIpc) is 2.48. The Kier molecular flexibility index (Phi) is 4.82. The van der Waals surface area contributed by atoms with E-state index >= 15 is 0 Å². The molecule has 2 rings (SSSR count). The average molecular weight is 272 g/mol. The molecule has 0 saturated carbocycles. The first-order valence-corrected chi connectivity index (χ1v) is 6.80. The van der Waals surface area contributed by atoms with Gasteiger partial charge in [-0.3, -0.25) is 4.98 Å². The van der Waals surface area contributed by atoms with Crippen molar-refractivity contribution in [1.29, 1.82) is 0 Å². The fourth-order valence-electron chi connectivity index (χ4n) is 1.92.